The molecule has 0 atom stereocenters. The number of likely N-dealkylation sites (N-methyl/N-ethyl adjacent to an activating group) is 1. The van der Waals surface area contributed by atoms with Gasteiger partial charge in [-0.3, -0.25) is 0 Å². The SMILES string of the molecule is COCC[N+]1(C)CC1. The molecular weight excluding hydrogens is 102 g/mol. The molecule has 8 heavy (non-hydrogen) atoms. The summed E-state index contributed by atoms with van der Waals surface area (Å²) in [4.78, 5) is 0. The van der Waals surface area contributed by atoms with Crippen LogP contribution in [0.2, 0.25) is 0 Å². The molecule has 0 aliphatic carbocycles. The molecule has 1 fully saturated rings. The molecule has 1 aliphatic heterocycles. The van der Waals surface area contributed by atoms with Crippen molar-refractivity contribution in [3.8, 4) is 0 Å². The first-order valence-corrected chi connectivity index (χ1v) is 3.09. The zero-order valence-electron chi connectivity index (χ0n) is 5.68. The summed E-state index contributed by atoms with van der Waals surface area (Å²) in [5, 5.41) is 0. The van der Waals surface area contributed by atoms with E-state index in [0.29, 0.717) is 0 Å². The van der Waals surface area contributed by atoms with Crippen molar-refractivity contribution in [2.75, 3.05) is 40.4 Å². The van der Waals surface area contributed by atoms with Gasteiger partial charge in [0, 0.05) is 7.11 Å². The lowest BCUT2D eigenvalue weighted by Gasteiger charge is -2.09. The number of rotatable bonds is 3. The molecule has 0 aromatic rings. The van der Waals surface area contributed by atoms with Crippen LogP contribution in [-0.2, 0) is 4.74 Å². The fourth-order valence-electron chi connectivity index (χ4n) is 0.706. The van der Waals surface area contributed by atoms with Gasteiger partial charge in [-0.25, -0.2) is 0 Å². The Morgan fingerprint density at radius 1 is 1.50 bits per heavy atom. The van der Waals surface area contributed by atoms with Crippen molar-refractivity contribution in [1.82, 2.24) is 0 Å². The summed E-state index contributed by atoms with van der Waals surface area (Å²) in [6.07, 6.45) is 0. The van der Waals surface area contributed by atoms with Crippen molar-refractivity contribution in [2.24, 2.45) is 0 Å². The Morgan fingerprint density at radius 3 is 2.50 bits per heavy atom. The molecule has 0 radical (unpaired) electrons. The predicted octanol–water partition coefficient (Wildman–Crippen LogP) is 0.0930. The van der Waals surface area contributed by atoms with Crippen LogP contribution in [0.25, 0.3) is 0 Å². The quantitative estimate of drug-likeness (QED) is 0.375. The predicted molar refractivity (Wildman–Crippen MR) is 32.7 cm³/mol. The Balaban J connectivity index is 2.01. The van der Waals surface area contributed by atoms with Gasteiger partial charge in [0.15, 0.2) is 0 Å². The van der Waals surface area contributed by atoms with E-state index in [0.717, 1.165) is 6.61 Å². The molecule has 1 aliphatic rings. The first-order valence-electron chi connectivity index (χ1n) is 3.09. The fourth-order valence-corrected chi connectivity index (χ4v) is 0.706. The van der Waals surface area contributed by atoms with Crippen LogP contribution in [0.1, 0.15) is 0 Å². The number of ether oxygens (including phenoxy) is 1. The molecule has 0 saturated carbocycles. The molecule has 0 aromatic carbocycles. The Kier molecular flexibility index (Phi) is 1.54. The second-order valence-corrected chi connectivity index (χ2v) is 2.78. The Labute approximate surface area is 50.6 Å². The van der Waals surface area contributed by atoms with E-state index in [1.54, 1.807) is 7.11 Å². The second-order valence-electron chi connectivity index (χ2n) is 2.78. The Hall–Kier alpha value is -0.0800. The highest BCUT2D eigenvalue weighted by molar-refractivity contribution is 4.50. The summed E-state index contributed by atoms with van der Waals surface area (Å²) >= 11 is 0. The van der Waals surface area contributed by atoms with E-state index in [-0.39, 0.29) is 0 Å². The van der Waals surface area contributed by atoms with Gasteiger partial charge in [0.2, 0.25) is 0 Å². The van der Waals surface area contributed by atoms with Crippen LogP contribution in [0.4, 0.5) is 0 Å². The maximum absolute atomic E-state index is 4.94. The molecule has 0 unspecified atom stereocenters. The second kappa shape index (κ2) is 2.03. The molecule has 2 nitrogen and oxygen atoms in total. The number of hydrogen-bond donors (Lipinski definition) is 0. The summed E-state index contributed by atoms with van der Waals surface area (Å²) in [6.45, 7) is 4.81. The number of methoxy groups -OCH3 is 1. The van der Waals surface area contributed by atoms with Crippen molar-refractivity contribution in [1.29, 1.82) is 0 Å². The van der Waals surface area contributed by atoms with Gasteiger partial charge >= 0.3 is 0 Å². The smallest absolute Gasteiger partial charge is 0.129 e. The minimum Gasteiger partial charge on any atom is -0.379 e. The van der Waals surface area contributed by atoms with Gasteiger partial charge in [0.05, 0.1) is 13.7 Å². The van der Waals surface area contributed by atoms with Gasteiger partial charge in [0.1, 0.15) is 19.6 Å². The number of nitrogens with zero attached hydrogens (tertiary/aromatic N) is 1. The molecule has 0 amide bonds. The van der Waals surface area contributed by atoms with Crippen LogP contribution in [0.3, 0.4) is 0 Å². The minimum absolute atomic E-state index is 0.913. The zero-order chi connectivity index (χ0) is 6.04. The summed E-state index contributed by atoms with van der Waals surface area (Å²) < 4.78 is 6.17. The lowest BCUT2D eigenvalue weighted by Crippen LogP contribution is -2.24. The fraction of sp³-hybridized carbons (Fsp3) is 1.00. The van der Waals surface area contributed by atoms with E-state index in [1.165, 1.54) is 24.1 Å². The van der Waals surface area contributed by atoms with Gasteiger partial charge in [-0.2, -0.15) is 0 Å². The normalized spacial score (nSPS) is 23.2. The maximum Gasteiger partial charge on any atom is 0.129 e. The van der Waals surface area contributed by atoms with E-state index in [2.05, 4.69) is 7.05 Å². The van der Waals surface area contributed by atoms with Crippen molar-refractivity contribution >= 4 is 0 Å². The van der Waals surface area contributed by atoms with E-state index in [1.807, 2.05) is 0 Å². The highest BCUT2D eigenvalue weighted by atomic mass is 16.5. The van der Waals surface area contributed by atoms with Gasteiger partial charge in [-0.15, -0.1) is 0 Å². The molecule has 0 bridgehead atoms. The van der Waals surface area contributed by atoms with Crippen LogP contribution < -0.4 is 0 Å². The van der Waals surface area contributed by atoms with Crippen molar-refractivity contribution in [2.45, 2.75) is 0 Å². The van der Waals surface area contributed by atoms with Crippen molar-refractivity contribution in [3.05, 3.63) is 0 Å². The highest BCUT2D eigenvalue weighted by Gasteiger charge is 2.35. The van der Waals surface area contributed by atoms with Gasteiger partial charge in [-0.05, 0) is 0 Å². The van der Waals surface area contributed by atoms with E-state index < -0.39 is 0 Å². The first-order chi connectivity index (χ1) is 3.77. The number of quaternary nitrogens is 1. The van der Waals surface area contributed by atoms with Crippen molar-refractivity contribution < 1.29 is 9.22 Å². The monoisotopic (exact) mass is 116 g/mol. The molecule has 48 valence electrons. The topological polar surface area (TPSA) is 9.23 Å². The molecule has 0 N–H and O–H groups in total. The highest BCUT2D eigenvalue weighted by Crippen LogP contribution is 2.14. The zero-order valence-corrected chi connectivity index (χ0v) is 5.68. The van der Waals surface area contributed by atoms with E-state index in [4.69, 9.17) is 4.74 Å². The third-order valence-corrected chi connectivity index (χ3v) is 1.82. The lowest BCUT2D eigenvalue weighted by molar-refractivity contribution is -0.777. The van der Waals surface area contributed by atoms with Crippen LogP contribution in [0, 0.1) is 0 Å². The molecule has 1 rings (SSSR count). The van der Waals surface area contributed by atoms with Crippen LogP contribution >= 0.6 is 0 Å². The molecule has 1 heterocycles. The van der Waals surface area contributed by atoms with E-state index >= 15 is 0 Å². The molecule has 0 aromatic heterocycles. The lowest BCUT2D eigenvalue weighted by atomic mass is 10.6. The van der Waals surface area contributed by atoms with Gasteiger partial charge in [0.25, 0.3) is 0 Å². The van der Waals surface area contributed by atoms with Crippen molar-refractivity contribution in [3.63, 3.8) is 0 Å². The summed E-state index contributed by atoms with van der Waals surface area (Å²) in [5.41, 5.74) is 0. The van der Waals surface area contributed by atoms with Crippen LogP contribution in [0.5, 0.6) is 0 Å². The molecule has 2 heteroatoms. The third kappa shape index (κ3) is 1.46. The summed E-state index contributed by atoms with van der Waals surface area (Å²) in [7, 11) is 4.02. The first kappa shape index (κ1) is 6.05. The summed E-state index contributed by atoms with van der Waals surface area (Å²) in [6, 6.07) is 0. The third-order valence-electron chi connectivity index (χ3n) is 1.82. The summed E-state index contributed by atoms with van der Waals surface area (Å²) in [5.74, 6) is 0. The average molecular weight is 116 g/mol. The Bertz CT molecular complexity index is 78.6. The van der Waals surface area contributed by atoms with Crippen LogP contribution in [0.15, 0.2) is 0 Å². The Morgan fingerprint density at radius 2 is 2.12 bits per heavy atom. The van der Waals surface area contributed by atoms with Gasteiger partial charge < -0.3 is 9.22 Å². The maximum atomic E-state index is 4.94. The average Bonchev–Trinajstić information content (AvgIpc) is 2.45. The molecule has 0 spiro atoms. The largest absolute Gasteiger partial charge is 0.379 e. The van der Waals surface area contributed by atoms with E-state index in [9.17, 15) is 0 Å². The van der Waals surface area contributed by atoms with Gasteiger partial charge in [-0.1, -0.05) is 0 Å². The minimum atomic E-state index is 0.913. The number of hydrogen-bond acceptors (Lipinski definition) is 1. The molecular formula is C6H14NO+. The van der Waals surface area contributed by atoms with Crippen LogP contribution in [-0.4, -0.2) is 44.9 Å². The molecule has 1 saturated heterocycles. The standard InChI is InChI=1S/C6H14NO/c1-7(3-4-7)5-6-8-2/h3-6H2,1-2H3/q+1.